The van der Waals surface area contributed by atoms with E-state index in [0.29, 0.717) is 12.3 Å². The molecule has 4 nitrogen and oxygen atoms in total. The second kappa shape index (κ2) is 6.60. The predicted octanol–water partition coefficient (Wildman–Crippen LogP) is 1.63. The summed E-state index contributed by atoms with van der Waals surface area (Å²) < 4.78 is 53.0. The molecule has 1 unspecified atom stereocenters. The van der Waals surface area contributed by atoms with E-state index in [1.54, 1.807) is 0 Å². The van der Waals surface area contributed by atoms with E-state index in [-0.39, 0.29) is 6.54 Å². The van der Waals surface area contributed by atoms with Gasteiger partial charge in [-0.1, -0.05) is 6.07 Å². The van der Waals surface area contributed by atoms with Gasteiger partial charge in [0.25, 0.3) is 0 Å². The second-order valence-corrected chi connectivity index (χ2v) is 6.65. The SMILES string of the molecule is O=S(=O)(NCCC1CCCNC1)c1c(F)cccc1F. The Morgan fingerprint density at radius 3 is 2.60 bits per heavy atom. The van der Waals surface area contributed by atoms with Crippen molar-refractivity contribution in [2.24, 2.45) is 5.92 Å². The molecule has 1 aromatic carbocycles. The molecule has 1 aliphatic heterocycles. The van der Waals surface area contributed by atoms with Crippen LogP contribution in [0.25, 0.3) is 0 Å². The summed E-state index contributed by atoms with van der Waals surface area (Å²) in [6, 6.07) is 3.00. The molecule has 1 atom stereocenters. The molecule has 0 radical (unpaired) electrons. The highest BCUT2D eigenvalue weighted by Gasteiger charge is 2.23. The molecule has 1 heterocycles. The van der Waals surface area contributed by atoms with Crippen molar-refractivity contribution in [3.05, 3.63) is 29.8 Å². The molecular weight excluding hydrogens is 286 g/mol. The van der Waals surface area contributed by atoms with Crippen molar-refractivity contribution in [1.82, 2.24) is 10.0 Å². The van der Waals surface area contributed by atoms with Crippen LogP contribution in [0.5, 0.6) is 0 Å². The number of hydrogen-bond acceptors (Lipinski definition) is 3. The fraction of sp³-hybridized carbons (Fsp3) is 0.538. The smallest absolute Gasteiger partial charge is 0.246 e. The molecule has 0 spiro atoms. The van der Waals surface area contributed by atoms with Gasteiger partial charge in [0.1, 0.15) is 11.6 Å². The molecule has 2 N–H and O–H groups in total. The predicted molar refractivity (Wildman–Crippen MR) is 71.8 cm³/mol. The van der Waals surface area contributed by atoms with Gasteiger partial charge in [-0.05, 0) is 50.4 Å². The average molecular weight is 304 g/mol. The summed E-state index contributed by atoms with van der Waals surface area (Å²) in [7, 11) is -4.14. The van der Waals surface area contributed by atoms with Gasteiger partial charge in [-0.25, -0.2) is 21.9 Å². The molecule has 2 rings (SSSR count). The van der Waals surface area contributed by atoms with E-state index in [4.69, 9.17) is 0 Å². The summed E-state index contributed by atoms with van der Waals surface area (Å²) in [6.07, 6.45) is 2.77. The second-order valence-electron chi connectivity index (χ2n) is 4.95. The van der Waals surface area contributed by atoms with E-state index in [2.05, 4.69) is 10.0 Å². The van der Waals surface area contributed by atoms with Crippen LogP contribution in [0, 0.1) is 17.6 Å². The van der Waals surface area contributed by atoms with Crippen LogP contribution in [0.3, 0.4) is 0 Å². The molecule has 112 valence electrons. The molecule has 1 aliphatic rings. The fourth-order valence-corrected chi connectivity index (χ4v) is 3.56. The first kappa shape index (κ1) is 15.3. The first-order chi connectivity index (χ1) is 9.50. The number of sulfonamides is 1. The van der Waals surface area contributed by atoms with Crippen LogP contribution in [0.1, 0.15) is 19.3 Å². The highest BCUT2D eigenvalue weighted by molar-refractivity contribution is 7.89. The lowest BCUT2D eigenvalue weighted by Crippen LogP contribution is -2.33. The Hall–Kier alpha value is -1.05. The van der Waals surface area contributed by atoms with Crippen molar-refractivity contribution in [3.63, 3.8) is 0 Å². The number of piperidine rings is 1. The van der Waals surface area contributed by atoms with Crippen molar-refractivity contribution in [2.75, 3.05) is 19.6 Å². The summed E-state index contributed by atoms with van der Waals surface area (Å²) in [5, 5.41) is 3.24. The number of nitrogens with one attached hydrogen (secondary N) is 2. The molecular formula is C13H18F2N2O2S. The Balaban J connectivity index is 1.97. The minimum atomic E-state index is -4.14. The third-order valence-corrected chi connectivity index (χ3v) is 4.94. The number of halogens is 2. The molecule has 0 aliphatic carbocycles. The first-order valence-electron chi connectivity index (χ1n) is 6.65. The van der Waals surface area contributed by atoms with Crippen LogP contribution in [-0.2, 0) is 10.0 Å². The largest absolute Gasteiger partial charge is 0.316 e. The van der Waals surface area contributed by atoms with Crippen molar-refractivity contribution >= 4 is 10.0 Å². The topological polar surface area (TPSA) is 58.2 Å². The van der Waals surface area contributed by atoms with Crippen molar-refractivity contribution < 1.29 is 17.2 Å². The zero-order valence-electron chi connectivity index (χ0n) is 11.0. The summed E-state index contributed by atoms with van der Waals surface area (Å²) >= 11 is 0. The van der Waals surface area contributed by atoms with Gasteiger partial charge in [0.2, 0.25) is 10.0 Å². The molecule has 0 aromatic heterocycles. The van der Waals surface area contributed by atoms with Gasteiger partial charge in [0.15, 0.2) is 4.90 Å². The van der Waals surface area contributed by atoms with E-state index in [0.717, 1.165) is 44.1 Å². The summed E-state index contributed by atoms with van der Waals surface area (Å²) in [5.41, 5.74) is 0. The van der Waals surface area contributed by atoms with Gasteiger partial charge < -0.3 is 5.32 Å². The van der Waals surface area contributed by atoms with Gasteiger partial charge in [0, 0.05) is 6.54 Å². The van der Waals surface area contributed by atoms with Crippen LogP contribution in [0.4, 0.5) is 8.78 Å². The maximum absolute atomic E-state index is 13.5. The third-order valence-electron chi connectivity index (χ3n) is 3.43. The molecule has 0 bridgehead atoms. The lowest BCUT2D eigenvalue weighted by Gasteiger charge is -2.22. The Morgan fingerprint density at radius 2 is 2.00 bits per heavy atom. The van der Waals surface area contributed by atoms with E-state index in [1.807, 2.05) is 0 Å². The molecule has 1 aromatic rings. The highest BCUT2D eigenvalue weighted by atomic mass is 32.2. The van der Waals surface area contributed by atoms with E-state index in [9.17, 15) is 17.2 Å². The van der Waals surface area contributed by atoms with E-state index in [1.165, 1.54) is 0 Å². The van der Waals surface area contributed by atoms with Crippen LogP contribution < -0.4 is 10.0 Å². The average Bonchev–Trinajstić information content (AvgIpc) is 2.39. The fourth-order valence-electron chi connectivity index (χ4n) is 2.38. The van der Waals surface area contributed by atoms with Crippen LogP contribution in [0.2, 0.25) is 0 Å². The summed E-state index contributed by atoms with van der Waals surface area (Å²) in [4.78, 5) is -0.901. The zero-order valence-corrected chi connectivity index (χ0v) is 11.8. The maximum Gasteiger partial charge on any atom is 0.246 e. The molecule has 0 amide bonds. The standard InChI is InChI=1S/C13H18F2N2O2S/c14-11-4-1-5-12(15)13(11)20(18,19)17-8-6-10-3-2-7-16-9-10/h1,4-5,10,16-17H,2-3,6-9H2. The van der Waals surface area contributed by atoms with Gasteiger partial charge >= 0.3 is 0 Å². The van der Waals surface area contributed by atoms with Crippen molar-refractivity contribution in [3.8, 4) is 0 Å². The Kier molecular flexibility index (Phi) is 5.06. The van der Waals surface area contributed by atoms with Gasteiger partial charge in [-0.15, -0.1) is 0 Å². The minimum absolute atomic E-state index is 0.183. The van der Waals surface area contributed by atoms with Crippen molar-refractivity contribution in [1.29, 1.82) is 0 Å². The Labute approximate surface area is 117 Å². The molecule has 7 heteroatoms. The van der Waals surface area contributed by atoms with E-state index < -0.39 is 26.6 Å². The van der Waals surface area contributed by atoms with Crippen molar-refractivity contribution in [2.45, 2.75) is 24.2 Å². The minimum Gasteiger partial charge on any atom is -0.316 e. The highest BCUT2D eigenvalue weighted by Crippen LogP contribution is 2.18. The Morgan fingerprint density at radius 1 is 1.30 bits per heavy atom. The van der Waals surface area contributed by atoms with Crippen LogP contribution in [0.15, 0.2) is 23.1 Å². The molecule has 0 saturated carbocycles. The monoisotopic (exact) mass is 304 g/mol. The molecule has 1 saturated heterocycles. The Bertz CT molecular complexity index is 537. The number of benzene rings is 1. The quantitative estimate of drug-likeness (QED) is 0.869. The van der Waals surface area contributed by atoms with Gasteiger partial charge in [-0.3, -0.25) is 0 Å². The summed E-state index contributed by atoms with van der Waals surface area (Å²) in [5.74, 6) is -1.74. The van der Waals surface area contributed by atoms with Crippen LogP contribution in [-0.4, -0.2) is 28.1 Å². The maximum atomic E-state index is 13.5. The van der Waals surface area contributed by atoms with Crippen LogP contribution >= 0.6 is 0 Å². The van der Waals surface area contributed by atoms with E-state index >= 15 is 0 Å². The normalized spacial score (nSPS) is 20.0. The lowest BCUT2D eigenvalue weighted by atomic mass is 9.96. The first-order valence-corrected chi connectivity index (χ1v) is 8.13. The number of rotatable bonds is 5. The molecule has 20 heavy (non-hydrogen) atoms. The van der Waals surface area contributed by atoms with Gasteiger partial charge in [-0.2, -0.15) is 0 Å². The summed E-state index contributed by atoms with van der Waals surface area (Å²) in [6.45, 7) is 2.03. The van der Waals surface area contributed by atoms with Gasteiger partial charge in [0.05, 0.1) is 0 Å². The third kappa shape index (κ3) is 3.74. The zero-order chi connectivity index (χ0) is 14.6. The molecule has 1 fully saturated rings. The number of hydrogen-bond donors (Lipinski definition) is 2. The lowest BCUT2D eigenvalue weighted by molar-refractivity contribution is 0.358.